The number of carboxylic acids is 1. The van der Waals surface area contributed by atoms with Gasteiger partial charge in [-0.05, 0) is 59.7 Å². The average Bonchev–Trinajstić information content (AvgIpc) is 3.19. The van der Waals surface area contributed by atoms with Crippen LogP contribution in [0.1, 0.15) is 11.1 Å². The topological polar surface area (TPSA) is 92.4 Å². The second-order valence-electron chi connectivity index (χ2n) is 7.08. The Balaban J connectivity index is 1.49. The largest absolute Gasteiger partial charge is 0.481 e. The van der Waals surface area contributed by atoms with E-state index in [1.807, 2.05) is 0 Å². The number of halogens is 3. The quantitative estimate of drug-likeness (QED) is 0.393. The minimum Gasteiger partial charge on any atom is -0.481 e. The second kappa shape index (κ2) is 8.99. The monoisotopic (exact) mass is 452 g/mol. The summed E-state index contributed by atoms with van der Waals surface area (Å²) in [5.74, 6) is -4.30. The highest BCUT2D eigenvalue weighted by Gasteiger charge is 2.13. The first-order valence-corrected chi connectivity index (χ1v) is 9.64. The number of amides is 1. The molecule has 2 N–H and O–H groups in total. The fourth-order valence-corrected chi connectivity index (χ4v) is 3.09. The summed E-state index contributed by atoms with van der Waals surface area (Å²) in [7, 11) is 0. The van der Waals surface area contributed by atoms with E-state index in [1.54, 1.807) is 18.2 Å². The van der Waals surface area contributed by atoms with Crippen molar-refractivity contribution in [2.45, 2.75) is 6.42 Å². The molecule has 0 aliphatic heterocycles. The molecule has 4 aromatic rings. The summed E-state index contributed by atoms with van der Waals surface area (Å²) in [5, 5.41) is 11.3. The zero-order valence-electron chi connectivity index (χ0n) is 16.8. The van der Waals surface area contributed by atoms with Crippen LogP contribution in [0, 0.1) is 17.5 Å². The Kier molecular flexibility index (Phi) is 5.95. The van der Waals surface area contributed by atoms with Crippen LogP contribution in [0.3, 0.4) is 0 Å². The van der Waals surface area contributed by atoms with Gasteiger partial charge in [0.15, 0.2) is 17.2 Å². The predicted molar refractivity (Wildman–Crippen MR) is 115 cm³/mol. The molecule has 0 saturated heterocycles. The van der Waals surface area contributed by atoms with E-state index in [-0.39, 0.29) is 23.6 Å². The van der Waals surface area contributed by atoms with Gasteiger partial charge in [0.25, 0.3) is 0 Å². The normalized spacial score (nSPS) is 11.2. The standard InChI is InChI=1S/C24H15F3N2O4/c25-16-5-1-13(9-17(16)26)3-8-22(30)28-19-6-4-15(12-18(19)27)24-29-20-10-14(11-23(31)32)2-7-21(20)33-24/h1-10,12H,11H2,(H,28,30)(H,31,32)/b8-3+. The van der Waals surface area contributed by atoms with Crippen LogP contribution in [0.25, 0.3) is 28.6 Å². The molecule has 0 unspecified atom stereocenters. The Morgan fingerprint density at radius 3 is 2.52 bits per heavy atom. The fourth-order valence-electron chi connectivity index (χ4n) is 3.09. The summed E-state index contributed by atoms with van der Waals surface area (Å²) in [6, 6.07) is 11.9. The number of anilines is 1. The van der Waals surface area contributed by atoms with Crippen molar-refractivity contribution in [1.29, 1.82) is 0 Å². The third-order valence-electron chi connectivity index (χ3n) is 4.65. The number of oxazole rings is 1. The summed E-state index contributed by atoms with van der Waals surface area (Å²) in [6.45, 7) is 0. The first-order chi connectivity index (χ1) is 15.8. The van der Waals surface area contributed by atoms with Crippen LogP contribution < -0.4 is 5.32 Å². The molecule has 9 heteroatoms. The number of rotatable bonds is 6. The second-order valence-corrected chi connectivity index (χ2v) is 7.08. The Morgan fingerprint density at radius 1 is 0.970 bits per heavy atom. The molecular weight excluding hydrogens is 437 g/mol. The van der Waals surface area contributed by atoms with Gasteiger partial charge in [-0.25, -0.2) is 18.2 Å². The highest BCUT2D eigenvalue weighted by atomic mass is 19.2. The molecule has 0 spiro atoms. The molecule has 0 radical (unpaired) electrons. The van der Waals surface area contributed by atoms with E-state index in [1.165, 1.54) is 24.3 Å². The Bertz CT molecular complexity index is 1410. The molecule has 0 fully saturated rings. The highest BCUT2D eigenvalue weighted by molar-refractivity contribution is 6.02. The molecule has 4 rings (SSSR count). The van der Waals surface area contributed by atoms with Crippen LogP contribution in [0.2, 0.25) is 0 Å². The van der Waals surface area contributed by atoms with Crippen molar-refractivity contribution in [3.05, 3.63) is 89.3 Å². The summed E-state index contributed by atoms with van der Waals surface area (Å²) in [5.41, 5.74) is 1.89. The lowest BCUT2D eigenvalue weighted by Crippen LogP contribution is -2.09. The van der Waals surface area contributed by atoms with Gasteiger partial charge in [-0.3, -0.25) is 9.59 Å². The molecule has 0 aliphatic rings. The van der Waals surface area contributed by atoms with Gasteiger partial charge in [-0.15, -0.1) is 0 Å². The summed E-state index contributed by atoms with van der Waals surface area (Å²) in [4.78, 5) is 27.2. The SMILES string of the molecule is O=C(O)Cc1ccc2oc(-c3ccc(NC(=O)/C=C/c4ccc(F)c(F)c4)c(F)c3)nc2c1. The van der Waals surface area contributed by atoms with Crippen molar-refractivity contribution < 1.29 is 32.3 Å². The molecule has 1 amide bonds. The molecule has 0 saturated carbocycles. The molecule has 33 heavy (non-hydrogen) atoms. The van der Waals surface area contributed by atoms with E-state index in [2.05, 4.69) is 10.3 Å². The molecule has 3 aromatic carbocycles. The van der Waals surface area contributed by atoms with Crippen molar-refractivity contribution in [3.8, 4) is 11.5 Å². The zero-order chi connectivity index (χ0) is 23.5. The maximum Gasteiger partial charge on any atom is 0.307 e. The lowest BCUT2D eigenvalue weighted by atomic mass is 10.1. The molecule has 1 aromatic heterocycles. The van der Waals surface area contributed by atoms with Crippen molar-refractivity contribution in [3.63, 3.8) is 0 Å². The predicted octanol–water partition coefficient (Wildman–Crippen LogP) is 5.19. The molecule has 166 valence electrons. The van der Waals surface area contributed by atoms with Crippen LogP contribution >= 0.6 is 0 Å². The molecule has 6 nitrogen and oxygen atoms in total. The van der Waals surface area contributed by atoms with E-state index in [9.17, 15) is 22.8 Å². The number of nitrogens with one attached hydrogen (secondary N) is 1. The van der Waals surface area contributed by atoms with Gasteiger partial charge >= 0.3 is 5.97 Å². The number of carbonyl (C=O) groups excluding carboxylic acids is 1. The number of benzene rings is 3. The van der Waals surface area contributed by atoms with Gasteiger partial charge in [0.1, 0.15) is 11.3 Å². The lowest BCUT2D eigenvalue weighted by molar-refractivity contribution is -0.136. The highest BCUT2D eigenvalue weighted by Crippen LogP contribution is 2.28. The third kappa shape index (κ3) is 5.09. The number of carboxylic acid groups (broad SMARTS) is 1. The number of fused-ring (bicyclic) bond motifs is 1. The first kappa shape index (κ1) is 21.8. The maximum absolute atomic E-state index is 14.6. The molecular formula is C24H15F3N2O4. The van der Waals surface area contributed by atoms with E-state index < -0.39 is 29.3 Å². The van der Waals surface area contributed by atoms with Crippen molar-refractivity contribution in [2.24, 2.45) is 0 Å². The van der Waals surface area contributed by atoms with Crippen LogP contribution in [0.15, 0.2) is 65.1 Å². The third-order valence-corrected chi connectivity index (χ3v) is 4.65. The van der Waals surface area contributed by atoms with Gasteiger partial charge in [-0.2, -0.15) is 0 Å². The van der Waals surface area contributed by atoms with Crippen LogP contribution in [-0.4, -0.2) is 22.0 Å². The van der Waals surface area contributed by atoms with E-state index in [0.29, 0.717) is 22.2 Å². The van der Waals surface area contributed by atoms with E-state index in [4.69, 9.17) is 9.52 Å². The first-order valence-electron chi connectivity index (χ1n) is 9.64. The van der Waals surface area contributed by atoms with E-state index >= 15 is 0 Å². The number of carbonyl (C=O) groups is 2. The Morgan fingerprint density at radius 2 is 1.79 bits per heavy atom. The van der Waals surface area contributed by atoms with Crippen LogP contribution in [-0.2, 0) is 16.0 Å². The number of hydrogen-bond donors (Lipinski definition) is 2. The van der Waals surface area contributed by atoms with E-state index in [0.717, 1.165) is 24.3 Å². The minimum absolute atomic E-state index is 0.0986. The fraction of sp³-hybridized carbons (Fsp3) is 0.0417. The van der Waals surface area contributed by atoms with Gasteiger partial charge in [0, 0.05) is 11.6 Å². The average molecular weight is 452 g/mol. The van der Waals surface area contributed by atoms with Crippen molar-refractivity contribution in [1.82, 2.24) is 4.98 Å². The van der Waals surface area contributed by atoms with Crippen molar-refractivity contribution >= 4 is 34.7 Å². The number of aliphatic carboxylic acids is 1. The minimum atomic E-state index is -1.04. The Labute approximate surface area is 185 Å². The number of nitrogens with zero attached hydrogens (tertiary/aromatic N) is 1. The molecule has 0 bridgehead atoms. The van der Waals surface area contributed by atoms with Crippen molar-refractivity contribution in [2.75, 3.05) is 5.32 Å². The molecule has 0 atom stereocenters. The van der Waals surface area contributed by atoms with Gasteiger partial charge in [-0.1, -0.05) is 12.1 Å². The Hall–Kier alpha value is -4.40. The summed E-state index contributed by atoms with van der Waals surface area (Å²) < 4.78 is 46.3. The summed E-state index contributed by atoms with van der Waals surface area (Å²) in [6.07, 6.45) is 2.17. The lowest BCUT2D eigenvalue weighted by Gasteiger charge is -2.05. The van der Waals surface area contributed by atoms with Gasteiger partial charge < -0.3 is 14.8 Å². The number of hydrogen-bond acceptors (Lipinski definition) is 4. The number of aromatic nitrogens is 1. The zero-order valence-corrected chi connectivity index (χ0v) is 16.8. The smallest absolute Gasteiger partial charge is 0.307 e. The van der Waals surface area contributed by atoms with Gasteiger partial charge in [0.2, 0.25) is 11.8 Å². The van der Waals surface area contributed by atoms with Gasteiger partial charge in [0.05, 0.1) is 12.1 Å². The maximum atomic E-state index is 14.6. The summed E-state index contributed by atoms with van der Waals surface area (Å²) >= 11 is 0. The molecule has 0 aliphatic carbocycles. The molecule has 1 heterocycles. The van der Waals surface area contributed by atoms with Crippen LogP contribution in [0.5, 0.6) is 0 Å². The van der Waals surface area contributed by atoms with Crippen LogP contribution in [0.4, 0.5) is 18.9 Å².